The molecule has 0 saturated heterocycles. The molecule has 0 saturated carbocycles. The van der Waals surface area contributed by atoms with Crippen LogP contribution in [-0.2, 0) is 22.9 Å². The number of amidine groups is 3. The number of allylic oxidation sites excluding steroid dienone is 2. The maximum atomic E-state index is 13.4. The fraction of sp³-hybridized carbons (Fsp3) is 0.150. The number of nitrogens with one attached hydrogen (secondary N) is 2. The zero-order valence-electron chi connectivity index (χ0n) is 53.9. The van der Waals surface area contributed by atoms with Crippen LogP contribution in [0.2, 0.25) is 0 Å². The maximum Gasteiger partial charge on any atom is 0.245 e. The van der Waals surface area contributed by atoms with Crippen LogP contribution in [0.4, 0.5) is 17.1 Å². The summed E-state index contributed by atoms with van der Waals surface area (Å²) >= 11 is 0. The Morgan fingerprint density at radius 2 is 1.27 bits per heavy atom. The second kappa shape index (κ2) is 21.4. The molecule has 19 heteroatoms. The van der Waals surface area contributed by atoms with Gasteiger partial charge in [0.2, 0.25) is 35.4 Å². The van der Waals surface area contributed by atoms with Crippen molar-refractivity contribution in [2.45, 2.75) is 49.9 Å². The average Bonchev–Trinajstić information content (AvgIpc) is 1.56. The van der Waals surface area contributed by atoms with Crippen LogP contribution in [0.3, 0.4) is 0 Å². The summed E-state index contributed by atoms with van der Waals surface area (Å²) in [5.74, 6) is 6.91. The Kier molecular flexibility index (Phi) is 12.5. The van der Waals surface area contributed by atoms with Gasteiger partial charge in [0.1, 0.15) is 18.1 Å². The van der Waals surface area contributed by atoms with E-state index in [-0.39, 0.29) is 18.5 Å². The zero-order chi connectivity index (χ0) is 66.5. The standard InChI is InChI=1S/C80H59N15O4/c1-5-6-17-41-81-73(96)77(3)39-36-50(37-40-77)80(97)72-87-63-26-15-9-21-57(63)66-43-51(83-75(91-80)95(66)72)46-98-52-32-28-49(29-33-52)79(69-47(2)54-18-7-12-23-60(54)84-69)71-86-62-25-14-10-22-58(62)67-44-68(88-76(90-79)94(67)71)99-53-34-30-48(31-35-53)78(59-45-92(4)64-27-16-11-19-55(59)64)70-85-61-24-13-8-20-56(61)65-38-42-82-74(89-78)93(65)70/h1,7-16,18-39,42-45,84,97H,6,17,40-41,46H2,2-4H3,(H,81,96). The Morgan fingerprint density at radius 3 is 1.99 bits per heavy atom. The Hall–Kier alpha value is -12.7. The largest absolute Gasteiger partial charge is 0.487 e. The van der Waals surface area contributed by atoms with Crippen LogP contribution in [0.15, 0.2) is 263 Å². The number of ether oxygens (including phenoxy) is 2. The predicted molar refractivity (Wildman–Crippen MR) is 388 cm³/mol. The number of H-pyrrole nitrogens is 1. The number of aliphatic imine (C=N–C) groups is 9. The minimum atomic E-state index is -1.89. The van der Waals surface area contributed by atoms with Gasteiger partial charge in [-0.25, -0.2) is 39.9 Å². The van der Waals surface area contributed by atoms with Gasteiger partial charge < -0.3 is 29.4 Å². The summed E-state index contributed by atoms with van der Waals surface area (Å²) in [5, 5.41) is 17.8. The number of carbonyl (C=O) groups is 1. The van der Waals surface area contributed by atoms with Crippen molar-refractivity contribution in [2.75, 3.05) is 13.2 Å². The van der Waals surface area contributed by atoms with Crippen molar-refractivity contribution in [3.63, 3.8) is 0 Å². The molecule has 3 N–H and O–H groups in total. The molecule has 2 aromatic heterocycles. The molecule has 7 aromatic carbocycles. The van der Waals surface area contributed by atoms with E-state index in [1.165, 1.54) is 0 Å². The summed E-state index contributed by atoms with van der Waals surface area (Å²) in [4.78, 5) is 70.5. The van der Waals surface area contributed by atoms with E-state index >= 15 is 0 Å². The number of aryl methyl sites for hydroxylation is 2. The van der Waals surface area contributed by atoms with E-state index in [1.807, 2.05) is 147 Å². The monoisotopic (exact) mass is 1290 g/mol. The number of nitrogens with zero attached hydrogens (tertiary/aromatic N) is 13. The first-order chi connectivity index (χ1) is 48.4. The van der Waals surface area contributed by atoms with Crippen molar-refractivity contribution in [2.24, 2.45) is 57.4 Å². The van der Waals surface area contributed by atoms with Crippen LogP contribution >= 0.6 is 0 Å². The lowest BCUT2D eigenvalue weighted by Crippen LogP contribution is -2.46. The van der Waals surface area contributed by atoms with Crippen molar-refractivity contribution < 1.29 is 19.4 Å². The van der Waals surface area contributed by atoms with Crippen LogP contribution < -0.4 is 14.8 Å². The molecule has 0 spiro atoms. The number of para-hydroxylation sites is 5. The van der Waals surface area contributed by atoms with E-state index in [0.717, 1.165) is 101 Å². The Labute approximate surface area is 568 Å². The van der Waals surface area contributed by atoms with Crippen molar-refractivity contribution in [3.05, 3.63) is 263 Å². The molecule has 0 bridgehead atoms. The molecule has 9 aliphatic heterocycles. The topological polar surface area (TPSA) is 209 Å². The minimum Gasteiger partial charge on any atom is -0.487 e. The summed E-state index contributed by atoms with van der Waals surface area (Å²) in [5.41, 5.74) is 10.1. The molecule has 19 rings (SSSR count). The number of hydrogen-bond acceptors (Lipinski definition) is 16. The molecule has 10 aliphatic rings. The number of benzene rings is 7. The lowest BCUT2D eigenvalue weighted by atomic mass is 9.79. The smallest absolute Gasteiger partial charge is 0.245 e. The molecule has 11 heterocycles. The van der Waals surface area contributed by atoms with Gasteiger partial charge >= 0.3 is 0 Å². The Balaban J connectivity index is 0.664. The van der Waals surface area contributed by atoms with Gasteiger partial charge in [0, 0.05) is 88.1 Å². The van der Waals surface area contributed by atoms with E-state index in [2.05, 4.69) is 117 Å². The summed E-state index contributed by atoms with van der Waals surface area (Å²) in [7, 11) is 2.07. The SMILES string of the molecule is C#CCCCNC(=O)C1(C)C=CC(C2(O)N=C3N=C(COc4ccc(C5(c6[nH]c7ccccc7c6C)N=C6N=C(Oc7ccc(C8(c9cn(C)c%10ccccc9%10)N=C9N=CC=C%10c%11ccccc%11N=C8N%109)cc7)C=C7c8ccccc8N=C5N76)cc4)C=C4c5ccccc5N=C2N43)=CC1. The number of hydrogen-bond donors (Lipinski definition) is 3. The predicted octanol–water partition coefficient (Wildman–Crippen LogP) is 13.2. The maximum absolute atomic E-state index is 13.4. The fourth-order valence-corrected chi connectivity index (χ4v) is 15.3. The van der Waals surface area contributed by atoms with Crippen LogP contribution in [0.1, 0.15) is 70.8 Å². The number of aromatic nitrogens is 2. The van der Waals surface area contributed by atoms with Crippen molar-refractivity contribution in [1.29, 1.82) is 0 Å². The fourth-order valence-electron chi connectivity index (χ4n) is 15.3. The summed E-state index contributed by atoms with van der Waals surface area (Å²) in [6.45, 7) is 4.54. The number of amides is 1. The van der Waals surface area contributed by atoms with E-state index in [0.29, 0.717) is 83.8 Å². The molecule has 99 heavy (non-hydrogen) atoms. The lowest BCUT2D eigenvalue weighted by Gasteiger charge is -2.35. The van der Waals surface area contributed by atoms with Crippen LogP contribution in [0.25, 0.3) is 38.9 Å². The van der Waals surface area contributed by atoms with Crippen molar-refractivity contribution in [3.8, 4) is 23.8 Å². The number of unbranched alkanes of at least 4 members (excludes halogenated alkanes) is 1. The number of aliphatic hydroxyl groups is 1. The second-order valence-corrected chi connectivity index (χ2v) is 26.1. The van der Waals surface area contributed by atoms with E-state index < -0.39 is 22.2 Å². The quantitative estimate of drug-likeness (QED) is 0.0750. The first kappa shape index (κ1) is 57.8. The van der Waals surface area contributed by atoms with Gasteiger partial charge in [0.25, 0.3) is 0 Å². The number of fused-ring (bicyclic) bond motifs is 8. The van der Waals surface area contributed by atoms with Crippen LogP contribution in [0, 0.1) is 24.7 Å². The molecule has 9 aromatic rings. The Morgan fingerprint density at radius 1 is 0.667 bits per heavy atom. The molecule has 4 unspecified atom stereocenters. The highest BCUT2D eigenvalue weighted by Gasteiger charge is 2.57. The molecule has 1 amide bonds. The number of carbonyl (C=O) groups excluding carboxylic acids is 1. The second-order valence-electron chi connectivity index (χ2n) is 26.1. The van der Waals surface area contributed by atoms with Crippen LogP contribution in [0.5, 0.6) is 11.5 Å². The molecular formula is C80H59N15O4. The molecule has 0 radical (unpaired) electrons. The molecule has 1 aliphatic carbocycles. The highest BCUT2D eigenvalue weighted by molar-refractivity contribution is 6.28. The van der Waals surface area contributed by atoms with E-state index in [9.17, 15) is 9.90 Å². The summed E-state index contributed by atoms with van der Waals surface area (Å²) in [6.07, 6.45) is 22.5. The van der Waals surface area contributed by atoms with Gasteiger partial charge in [-0.1, -0.05) is 133 Å². The highest BCUT2D eigenvalue weighted by Crippen LogP contribution is 2.54. The molecular weight excluding hydrogens is 1230 g/mol. The molecule has 0 fully saturated rings. The van der Waals surface area contributed by atoms with E-state index in [4.69, 9.17) is 60.8 Å². The van der Waals surface area contributed by atoms with E-state index in [1.54, 1.807) is 11.0 Å². The summed E-state index contributed by atoms with van der Waals surface area (Å²) < 4.78 is 15.7. The van der Waals surface area contributed by atoms with Gasteiger partial charge in [-0.05, 0) is 110 Å². The minimum absolute atomic E-state index is 0.0663. The average molecular weight is 1290 g/mol. The molecule has 478 valence electrons. The third-order valence-corrected chi connectivity index (χ3v) is 20.2. The van der Waals surface area contributed by atoms with Gasteiger partial charge in [-0.15, -0.1) is 12.3 Å². The number of rotatable bonds is 13. The third kappa shape index (κ3) is 8.48. The number of guanidine groups is 3. The van der Waals surface area contributed by atoms with Crippen molar-refractivity contribution >= 4 is 115 Å². The van der Waals surface area contributed by atoms with Gasteiger partial charge in [-0.2, -0.15) is 4.99 Å². The third-order valence-electron chi connectivity index (χ3n) is 20.2. The van der Waals surface area contributed by atoms with Crippen LogP contribution in [-0.4, -0.2) is 107 Å². The first-order valence-electron chi connectivity index (χ1n) is 33.0. The molecule has 19 nitrogen and oxygen atoms in total. The summed E-state index contributed by atoms with van der Waals surface area (Å²) in [6, 6.07) is 56.8. The van der Waals surface area contributed by atoms with Crippen molar-refractivity contribution in [1.82, 2.24) is 29.6 Å². The normalized spacial score (nSPS) is 22.8. The van der Waals surface area contributed by atoms with Gasteiger partial charge in [0.05, 0.1) is 51.0 Å². The highest BCUT2D eigenvalue weighted by atomic mass is 16.5. The first-order valence-corrected chi connectivity index (χ1v) is 33.0. The number of aromatic amines is 1. The Bertz CT molecular complexity index is 5640. The molecule has 4 atom stereocenters. The van der Waals surface area contributed by atoms with Gasteiger partial charge in [0.15, 0.2) is 28.6 Å². The number of terminal acetylenes is 1. The lowest BCUT2D eigenvalue weighted by molar-refractivity contribution is -0.127. The zero-order valence-corrected chi connectivity index (χ0v) is 53.9. The van der Waals surface area contributed by atoms with Gasteiger partial charge in [-0.3, -0.25) is 19.5 Å².